The lowest BCUT2D eigenvalue weighted by Gasteiger charge is -2.42. The maximum atomic E-state index is 15.1. The van der Waals surface area contributed by atoms with Gasteiger partial charge < -0.3 is 0 Å². The van der Waals surface area contributed by atoms with E-state index in [0.29, 0.717) is 23.7 Å². The average Bonchev–Trinajstić information content (AvgIpc) is 2.82. The van der Waals surface area contributed by atoms with Crippen molar-refractivity contribution >= 4 is 0 Å². The van der Waals surface area contributed by atoms with E-state index < -0.39 is 18.5 Å². The Balaban J connectivity index is 1.17. The Hall–Kier alpha value is -0.210. The van der Waals surface area contributed by atoms with Gasteiger partial charge >= 0.3 is 0 Å². The third-order valence-corrected chi connectivity index (χ3v) is 10.8. The van der Waals surface area contributed by atoms with Crippen molar-refractivity contribution in [2.45, 2.75) is 135 Å². The first kappa shape index (κ1) is 24.9. The van der Waals surface area contributed by atoms with Gasteiger partial charge in [-0.2, -0.15) is 0 Å². The van der Waals surface area contributed by atoms with E-state index in [1.54, 1.807) is 0 Å². The van der Waals surface area contributed by atoms with Crippen LogP contribution in [0.1, 0.15) is 117 Å². The van der Waals surface area contributed by atoms with Crippen LogP contribution in [-0.2, 0) is 0 Å². The summed E-state index contributed by atoms with van der Waals surface area (Å²) in [5.41, 5.74) is 0. The van der Waals surface area contributed by atoms with Gasteiger partial charge in [-0.3, -0.25) is 0 Å². The predicted molar refractivity (Wildman–Crippen MR) is 128 cm³/mol. The van der Waals surface area contributed by atoms with Gasteiger partial charge in [-0.25, -0.2) is 13.2 Å². The highest BCUT2D eigenvalue weighted by atomic mass is 19.2. The first-order valence-corrected chi connectivity index (χ1v) is 14.4. The smallest absolute Gasteiger partial charge is 0.134 e. The van der Waals surface area contributed by atoms with Crippen molar-refractivity contribution in [3.63, 3.8) is 0 Å². The zero-order chi connectivity index (χ0) is 22.7. The highest BCUT2D eigenvalue weighted by Crippen LogP contribution is 2.47. The fourth-order valence-corrected chi connectivity index (χ4v) is 8.17. The third-order valence-electron chi connectivity index (χ3n) is 10.8. The fraction of sp³-hybridized carbons (Fsp3) is 1.00. The molecule has 7 atom stereocenters. The maximum absolute atomic E-state index is 15.1. The van der Waals surface area contributed by atoms with Crippen LogP contribution in [-0.4, -0.2) is 18.5 Å². The van der Waals surface area contributed by atoms with E-state index in [1.807, 2.05) is 0 Å². The molecule has 4 fully saturated rings. The predicted octanol–water partition coefficient (Wildman–Crippen LogP) is 9.27. The molecule has 0 aliphatic heterocycles. The second-order valence-electron chi connectivity index (χ2n) is 12.5. The number of hydrogen-bond acceptors (Lipinski definition) is 0. The third kappa shape index (κ3) is 5.88. The molecule has 4 aliphatic carbocycles. The number of rotatable bonds is 6. The van der Waals surface area contributed by atoms with Crippen LogP contribution >= 0.6 is 0 Å². The Bertz CT molecular complexity index is 549. The highest BCUT2D eigenvalue weighted by molar-refractivity contribution is 4.93. The van der Waals surface area contributed by atoms with Gasteiger partial charge in [0.15, 0.2) is 0 Å². The molecule has 0 N–H and O–H groups in total. The van der Waals surface area contributed by atoms with Crippen LogP contribution in [0.15, 0.2) is 0 Å². The Morgan fingerprint density at radius 2 is 1.22 bits per heavy atom. The van der Waals surface area contributed by atoms with E-state index in [9.17, 15) is 4.39 Å². The van der Waals surface area contributed by atoms with Gasteiger partial charge in [-0.05, 0) is 112 Å². The second-order valence-corrected chi connectivity index (χ2v) is 12.5. The minimum Gasteiger partial charge on any atom is -0.247 e. The number of alkyl halides is 3. The molecule has 7 unspecified atom stereocenters. The Morgan fingerprint density at radius 1 is 0.594 bits per heavy atom. The van der Waals surface area contributed by atoms with Gasteiger partial charge in [0.05, 0.1) is 0 Å². The van der Waals surface area contributed by atoms with Gasteiger partial charge in [0.2, 0.25) is 0 Å². The van der Waals surface area contributed by atoms with Crippen LogP contribution in [0.5, 0.6) is 0 Å². The molecule has 0 bridgehead atoms. The molecule has 0 aromatic carbocycles. The molecule has 0 radical (unpaired) electrons. The zero-order valence-corrected chi connectivity index (χ0v) is 20.8. The van der Waals surface area contributed by atoms with E-state index in [2.05, 4.69) is 13.8 Å². The van der Waals surface area contributed by atoms with E-state index >= 15 is 8.78 Å². The standard InChI is InChI=1S/C29H49F3/c1-3-20-5-13-23(14-6-20)26-17-16-24(28(31)29(26)32)15-9-21-7-11-22(12-8-21)25-10-4-19(2)27(30)18-25/h19-29H,3-18H2,1-2H3. The minimum absolute atomic E-state index is 0.0213. The lowest BCUT2D eigenvalue weighted by molar-refractivity contribution is -0.0162. The summed E-state index contributed by atoms with van der Waals surface area (Å²) in [4.78, 5) is 0. The largest absolute Gasteiger partial charge is 0.247 e. The summed E-state index contributed by atoms with van der Waals surface area (Å²) in [7, 11) is 0. The quantitative estimate of drug-likeness (QED) is 0.375. The van der Waals surface area contributed by atoms with Crippen LogP contribution in [0.3, 0.4) is 0 Å². The summed E-state index contributed by atoms with van der Waals surface area (Å²) in [5.74, 6) is 3.39. The van der Waals surface area contributed by atoms with E-state index in [4.69, 9.17) is 0 Å². The van der Waals surface area contributed by atoms with Gasteiger partial charge in [-0.1, -0.05) is 52.4 Å². The molecule has 186 valence electrons. The molecule has 0 aromatic rings. The average molecular weight is 455 g/mol. The van der Waals surface area contributed by atoms with Gasteiger partial charge in [-0.15, -0.1) is 0 Å². The molecule has 0 nitrogen and oxygen atoms in total. The Kier molecular flexibility index (Phi) is 8.93. The topological polar surface area (TPSA) is 0 Å². The van der Waals surface area contributed by atoms with Crippen LogP contribution < -0.4 is 0 Å². The van der Waals surface area contributed by atoms with Crippen molar-refractivity contribution in [2.24, 2.45) is 47.3 Å². The van der Waals surface area contributed by atoms with Crippen molar-refractivity contribution < 1.29 is 13.2 Å². The minimum atomic E-state index is -1.24. The van der Waals surface area contributed by atoms with E-state index in [-0.39, 0.29) is 17.8 Å². The Morgan fingerprint density at radius 3 is 1.88 bits per heavy atom. The van der Waals surface area contributed by atoms with Crippen LogP contribution in [0.25, 0.3) is 0 Å². The molecule has 0 heterocycles. The number of halogens is 3. The van der Waals surface area contributed by atoms with Crippen molar-refractivity contribution in [3.05, 3.63) is 0 Å². The molecule has 3 heteroatoms. The summed E-state index contributed by atoms with van der Waals surface area (Å²) in [6.07, 6.45) is 14.6. The summed E-state index contributed by atoms with van der Waals surface area (Å²) in [6, 6.07) is 0. The van der Waals surface area contributed by atoms with Crippen molar-refractivity contribution in [1.82, 2.24) is 0 Å². The monoisotopic (exact) mass is 454 g/mol. The first-order chi connectivity index (χ1) is 15.5. The molecule has 0 spiro atoms. The SMILES string of the molecule is CCC1CCC(C2CCC(CCC3CCC(C4CCC(C)C(F)C4)CC3)C(F)C2F)CC1. The van der Waals surface area contributed by atoms with Gasteiger partial charge in [0.1, 0.15) is 18.5 Å². The van der Waals surface area contributed by atoms with E-state index in [0.717, 1.165) is 57.3 Å². The van der Waals surface area contributed by atoms with Gasteiger partial charge in [0, 0.05) is 0 Å². The van der Waals surface area contributed by atoms with Crippen LogP contribution in [0, 0.1) is 47.3 Å². The molecular formula is C29H49F3. The molecular weight excluding hydrogens is 405 g/mol. The summed E-state index contributed by atoms with van der Waals surface area (Å²) in [6.45, 7) is 4.32. The van der Waals surface area contributed by atoms with Crippen molar-refractivity contribution in [1.29, 1.82) is 0 Å². The van der Waals surface area contributed by atoms with Gasteiger partial charge in [0.25, 0.3) is 0 Å². The molecule has 4 rings (SSSR count). The number of hydrogen-bond donors (Lipinski definition) is 0. The second kappa shape index (κ2) is 11.5. The zero-order valence-electron chi connectivity index (χ0n) is 20.8. The first-order valence-electron chi connectivity index (χ1n) is 14.4. The molecule has 4 saturated carbocycles. The summed E-state index contributed by atoms with van der Waals surface area (Å²) in [5, 5.41) is 0. The lowest BCUT2D eigenvalue weighted by atomic mass is 9.66. The summed E-state index contributed by atoms with van der Waals surface area (Å²) >= 11 is 0. The molecule has 32 heavy (non-hydrogen) atoms. The van der Waals surface area contributed by atoms with E-state index in [1.165, 1.54) is 51.4 Å². The highest BCUT2D eigenvalue weighted by Gasteiger charge is 2.44. The fourth-order valence-electron chi connectivity index (χ4n) is 8.17. The normalized spacial score (nSPS) is 48.5. The molecule has 0 amide bonds. The summed E-state index contributed by atoms with van der Waals surface area (Å²) < 4.78 is 44.4. The van der Waals surface area contributed by atoms with Crippen molar-refractivity contribution in [2.75, 3.05) is 0 Å². The Labute approximate surface area is 195 Å². The molecule has 4 aliphatic rings. The molecule has 0 aromatic heterocycles. The van der Waals surface area contributed by atoms with Crippen molar-refractivity contribution in [3.8, 4) is 0 Å². The maximum Gasteiger partial charge on any atom is 0.134 e. The van der Waals surface area contributed by atoms with Crippen LogP contribution in [0.4, 0.5) is 13.2 Å². The van der Waals surface area contributed by atoms with Crippen LogP contribution in [0.2, 0.25) is 0 Å². The lowest BCUT2D eigenvalue weighted by Crippen LogP contribution is -2.42. The molecule has 0 saturated heterocycles.